The Balaban J connectivity index is 1.94. The molecular formula is C24H48O5Si. The monoisotopic (exact) mass is 444 g/mol. The summed E-state index contributed by atoms with van der Waals surface area (Å²) in [5.74, 6) is 0.395. The molecule has 2 aliphatic rings. The summed E-state index contributed by atoms with van der Waals surface area (Å²) in [7, 11) is -1.82. The Bertz CT molecular complexity index is 502. The number of rotatable bonds is 10. The molecule has 0 aromatic rings. The molecule has 2 fully saturated rings. The van der Waals surface area contributed by atoms with Crippen molar-refractivity contribution in [3.8, 4) is 0 Å². The first-order valence-electron chi connectivity index (χ1n) is 12.2. The molecule has 1 aliphatic heterocycles. The summed E-state index contributed by atoms with van der Waals surface area (Å²) < 4.78 is 24.4. The summed E-state index contributed by atoms with van der Waals surface area (Å²) in [6.07, 6.45) is 7.18. The predicted molar refractivity (Wildman–Crippen MR) is 124 cm³/mol. The van der Waals surface area contributed by atoms with E-state index >= 15 is 0 Å². The fraction of sp³-hybridized carbons (Fsp3) is 1.00. The van der Waals surface area contributed by atoms with Crippen LogP contribution in [0.25, 0.3) is 0 Å². The van der Waals surface area contributed by atoms with Crippen molar-refractivity contribution in [3.63, 3.8) is 0 Å². The van der Waals surface area contributed by atoms with Crippen LogP contribution in [-0.4, -0.2) is 63.8 Å². The first-order valence-corrected chi connectivity index (χ1v) is 15.1. The van der Waals surface area contributed by atoms with E-state index in [1.807, 2.05) is 13.8 Å². The Morgan fingerprint density at radius 1 is 1.07 bits per heavy atom. The number of fused-ring (bicyclic) bond motifs is 1. The summed E-state index contributed by atoms with van der Waals surface area (Å²) in [6.45, 7) is 18.2. The molecule has 1 N–H and O–H groups in total. The number of ether oxygens (including phenoxy) is 3. The van der Waals surface area contributed by atoms with Crippen LogP contribution in [0.2, 0.25) is 18.1 Å². The second-order valence-corrected chi connectivity index (χ2v) is 15.8. The van der Waals surface area contributed by atoms with Crippen LogP contribution in [0.5, 0.6) is 0 Å². The van der Waals surface area contributed by atoms with Gasteiger partial charge in [-0.05, 0) is 76.9 Å². The van der Waals surface area contributed by atoms with Crippen molar-refractivity contribution in [1.82, 2.24) is 0 Å². The smallest absolute Gasteiger partial charge is 0.192 e. The standard InChI is InChI=1S/C24H48O5Si/c1-8-26-17-18-27-16-10-13-22-24(5,25)15-14-19-20(28-22)11-9-12-21(19)29-30(6,7)23(2,3)4/h19-22,25H,8-18H2,1-7H3/t19-,20+,21-,22-,24-/m1/s1. The van der Waals surface area contributed by atoms with Crippen LogP contribution >= 0.6 is 0 Å². The molecule has 0 radical (unpaired) electrons. The molecule has 30 heavy (non-hydrogen) atoms. The SMILES string of the molecule is CCOCCOCCC[C@H]1O[C@H]2CCC[C@@H](O[Si](C)(C)C(C)(C)C)[C@@H]2CC[C@@]1(C)O. The third-order valence-corrected chi connectivity index (χ3v) is 12.0. The Labute approximate surface area is 186 Å². The quantitative estimate of drug-likeness (QED) is 0.365. The lowest BCUT2D eigenvalue weighted by Gasteiger charge is -2.45. The molecule has 0 amide bonds. The van der Waals surface area contributed by atoms with Gasteiger partial charge in [0.15, 0.2) is 8.32 Å². The summed E-state index contributed by atoms with van der Waals surface area (Å²) in [4.78, 5) is 0. The molecular weight excluding hydrogens is 396 g/mol. The van der Waals surface area contributed by atoms with Crippen molar-refractivity contribution < 1.29 is 23.7 Å². The lowest BCUT2D eigenvalue weighted by molar-refractivity contribution is -0.141. The molecule has 2 rings (SSSR count). The summed E-state index contributed by atoms with van der Waals surface area (Å²) in [5, 5.41) is 11.4. The van der Waals surface area contributed by atoms with E-state index in [1.54, 1.807) is 0 Å². The molecule has 0 spiro atoms. The molecule has 6 heteroatoms. The maximum Gasteiger partial charge on any atom is 0.192 e. The minimum atomic E-state index is -1.82. The summed E-state index contributed by atoms with van der Waals surface area (Å²) in [6, 6.07) is 0. The van der Waals surface area contributed by atoms with Gasteiger partial charge in [-0.2, -0.15) is 0 Å². The third-order valence-electron chi connectivity index (χ3n) is 7.53. The minimum Gasteiger partial charge on any atom is -0.414 e. The zero-order valence-electron chi connectivity index (χ0n) is 20.7. The van der Waals surface area contributed by atoms with Crippen LogP contribution in [-0.2, 0) is 18.6 Å². The fourth-order valence-electron chi connectivity index (χ4n) is 4.52. The number of aliphatic hydroxyl groups is 1. The highest BCUT2D eigenvalue weighted by Gasteiger charge is 2.47. The van der Waals surface area contributed by atoms with Crippen molar-refractivity contribution in [1.29, 1.82) is 0 Å². The maximum absolute atomic E-state index is 11.2. The molecule has 1 heterocycles. The Morgan fingerprint density at radius 2 is 1.77 bits per heavy atom. The zero-order valence-corrected chi connectivity index (χ0v) is 21.7. The van der Waals surface area contributed by atoms with Crippen molar-refractivity contribution >= 4 is 8.32 Å². The van der Waals surface area contributed by atoms with E-state index in [-0.39, 0.29) is 23.4 Å². The molecule has 178 valence electrons. The highest BCUT2D eigenvalue weighted by molar-refractivity contribution is 6.74. The van der Waals surface area contributed by atoms with Crippen LogP contribution in [0.1, 0.15) is 79.6 Å². The van der Waals surface area contributed by atoms with Crippen LogP contribution in [0.3, 0.4) is 0 Å². The van der Waals surface area contributed by atoms with Gasteiger partial charge >= 0.3 is 0 Å². The second kappa shape index (κ2) is 11.2. The number of hydrogen-bond acceptors (Lipinski definition) is 5. The largest absolute Gasteiger partial charge is 0.414 e. The fourth-order valence-corrected chi connectivity index (χ4v) is 5.92. The van der Waals surface area contributed by atoms with Crippen LogP contribution in [0.4, 0.5) is 0 Å². The Hall–Kier alpha value is 0.0169. The zero-order chi connectivity index (χ0) is 22.4. The highest BCUT2D eigenvalue weighted by atomic mass is 28.4. The van der Waals surface area contributed by atoms with E-state index in [0.29, 0.717) is 25.7 Å². The normalized spacial score (nSPS) is 33.2. The van der Waals surface area contributed by atoms with Crippen molar-refractivity contribution in [2.75, 3.05) is 26.4 Å². The predicted octanol–water partition coefficient (Wildman–Crippen LogP) is 5.31. The van der Waals surface area contributed by atoms with Crippen LogP contribution in [0, 0.1) is 5.92 Å². The van der Waals surface area contributed by atoms with E-state index in [9.17, 15) is 5.11 Å². The van der Waals surface area contributed by atoms with Gasteiger partial charge in [0, 0.05) is 19.1 Å². The van der Waals surface area contributed by atoms with Crippen molar-refractivity contribution in [3.05, 3.63) is 0 Å². The lowest BCUT2D eigenvalue weighted by Crippen LogP contribution is -2.49. The molecule has 0 bridgehead atoms. The van der Waals surface area contributed by atoms with Gasteiger partial charge in [0.2, 0.25) is 0 Å². The van der Waals surface area contributed by atoms with Gasteiger partial charge in [0.05, 0.1) is 37.1 Å². The van der Waals surface area contributed by atoms with Gasteiger partial charge in [-0.1, -0.05) is 20.8 Å². The highest BCUT2D eigenvalue weighted by Crippen LogP contribution is 2.44. The van der Waals surface area contributed by atoms with Crippen LogP contribution < -0.4 is 0 Å². The molecule has 1 saturated heterocycles. The van der Waals surface area contributed by atoms with Gasteiger partial charge < -0.3 is 23.7 Å². The van der Waals surface area contributed by atoms with Crippen molar-refractivity contribution in [2.24, 2.45) is 5.92 Å². The van der Waals surface area contributed by atoms with E-state index < -0.39 is 13.9 Å². The topological polar surface area (TPSA) is 57.2 Å². The van der Waals surface area contributed by atoms with E-state index in [2.05, 4.69) is 33.9 Å². The summed E-state index contributed by atoms with van der Waals surface area (Å²) >= 11 is 0. The second-order valence-electron chi connectivity index (χ2n) is 11.0. The first kappa shape index (κ1) is 26.3. The molecule has 5 nitrogen and oxygen atoms in total. The van der Waals surface area contributed by atoms with Gasteiger partial charge in [0.1, 0.15) is 0 Å². The van der Waals surface area contributed by atoms with Gasteiger partial charge in [-0.15, -0.1) is 0 Å². The van der Waals surface area contributed by atoms with Gasteiger partial charge in [-0.3, -0.25) is 0 Å². The lowest BCUT2D eigenvalue weighted by atomic mass is 9.80. The molecule has 0 aromatic heterocycles. The van der Waals surface area contributed by atoms with Gasteiger partial charge in [0.25, 0.3) is 0 Å². The third kappa shape index (κ3) is 7.28. The van der Waals surface area contributed by atoms with E-state index in [0.717, 1.165) is 51.6 Å². The summed E-state index contributed by atoms with van der Waals surface area (Å²) in [5.41, 5.74) is -0.788. The maximum atomic E-state index is 11.2. The molecule has 0 aromatic carbocycles. The molecule has 1 aliphatic carbocycles. The Kier molecular flexibility index (Phi) is 9.84. The van der Waals surface area contributed by atoms with E-state index in [1.165, 1.54) is 0 Å². The van der Waals surface area contributed by atoms with Gasteiger partial charge in [-0.25, -0.2) is 0 Å². The molecule has 5 atom stereocenters. The minimum absolute atomic E-state index is 0.130. The van der Waals surface area contributed by atoms with E-state index in [4.69, 9.17) is 18.6 Å². The number of hydrogen-bond donors (Lipinski definition) is 1. The van der Waals surface area contributed by atoms with Crippen LogP contribution in [0.15, 0.2) is 0 Å². The van der Waals surface area contributed by atoms with Crippen molar-refractivity contribution in [2.45, 2.75) is 122 Å². The molecule has 1 saturated carbocycles. The first-order chi connectivity index (χ1) is 14.0. The average Bonchev–Trinajstić information content (AvgIpc) is 2.76. The average molecular weight is 445 g/mol. The Morgan fingerprint density at radius 3 is 2.43 bits per heavy atom. The molecule has 0 unspecified atom stereocenters.